The van der Waals surface area contributed by atoms with E-state index in [2.05, 4.69) is 48.4 Å². The topological polar surface area (TPSA) is 3.24 Å². The van der Waals surface area contributed by atoms with Gasteiger partial charge in [-0.1, -0.05) is 50.3 Å². The molecule has 0 amide bonds. The normalized spacial score (nSPS) is 16.8. The molecule has 1 aromatic carbocycles. The molecule has 0 radical (unpaired) electrons. The molecule has 0 fully saturated rings. The molecule has 1 aliphatic heterocycles. The van der Waals surface area contributed by atoms with Gasteiger partial charge in [-0.15, -0.1) is 0 Å². The second-order valence-electron chi connectivity index (χ2n) is 3.94. The number of benzene rings is 1. The molecular weight excluding hydrogens is 194 g/mol. The van der Waals surface area contributed by atoms with Gasteiger partial charge < -0.3 is 4.90 Å². The second-order valence-corrected chi connectivity index (χ2v) is 3.94. The van der Waals surface area contributed by atoms with Crippen molar-refractivity contribution in [3.8, 4) is 0 Å². The van der Waals surface area contributed by atoms with Crippen molar-refractivity contribution in [3.05, 3.63) is 42.0 Å². The molecule has 2 rings (SSSR count). The van der Waals surface area contributed by atoms with Crippen LogP contribution in [0.1, 0.15) is 32.3 Å². The van der Waals surface area contributed by atoms with E-state index in [0.717, 1.165) is 0 Å². The fourth-order valence-corrected chi connectivity index (χ4v) is 1.90. The Morgan fingerprint density at radius 3 is 2.38 bits per heavy atom. The Hall–Kier alpha value is -1.08. The first kappa shape index (κ1) is 13.0. The van der Waals surface area contributed by atoms with Crippen molar-refractivity contribution in [2.45, 2.75) is 26.7 Å². The molecule has 0 atom stereocenters. The smallest absolute Gasteiger partial charge is 0.00190 e. The van der Waals surface area contributed by atoms with E-state index in [0.29, 0.717) is 0 Å². The van der Waals surface area contributed by atoms with Gasteiger partial charge in [-0.2, -0.15) is 0 Å². The van der Waals surface area contributed by atoms with Crippen LogP contribution >= 0.6 is 0 Å². The average Bonchev–Trinajstić information content (AvgIpc) is 2.58. The third-order valence-electron chi connectivity index (χ3n) is 2.81. The standard InChI is InChI=1S/C13H17N.C2H6/c1-14-10-5-8-13(9-11-14)12-6-3-2-4-7-12;1-2/h2-4,6-8H,5,9-11H2,1H3;1-2H3. The molecule has 1 nitrogen and oxygen atoms in total. The van der Waals surface area contributed by atoms with Crippen LogP contribution in [-0.2, 0) is 0 Å². The highest BCUT2D eigenvalue weighted by atomic mass is 15.1. The SMILES string of the molecule is CC.CN1CCC=C(c2ccccc2)CC1. The van der Waals surface area contributed by atoms with Crippen LogP contribution in [0.15, 0.2) is 36.4 Å². The number of nitrogens with zero attached hydrogens (tertiary/aromatic N) is 1. The highest BCUT2D eigenvalue weighted by Crippen LogP contribution is 2.21. The fraction of sp³-hybridized carbons (Fsp3) is 0.467. The van der Waals surface area contributed by atoms with Crippen molar-refractivity contribution in [1.29, 1.82) is 0 Å². The third-order valence-corrected chi connectivity index (χ3v) is 2.81. The minimum absolute atomic E-state index is 1.18. The van der Waals surface area contributed by atoms with E-state index < -0.39 is 0 Å². The third kappa shape index (κ3) is 3.82. The monoisotopic (exact) mass is 217 g/mol. The summed E-state index contributed by atoms with van der Waals surface area (Å²) in [6.07, 6.45) is 4.75. The lowest BCUT2D eigenvalue weighted by molar-refractivity contribution is 0.355. The first-order chi connectivity index (χ1) is 7.86. The van der Waals surface area contributed by atoms with E-state index in [9.17, 15) is 0 Å². The summed E-state index contributed by atoms with van der Waals surface area (Å²) < 4.78 is 0. The zero-order chi connectivity index (χ0) is 11.8. The number of hydrogen-bond acceptors (Lipinski definition) is 1. The Morgan fingerprint density at radius 2 is 1.69 bits per heavy atom. The van der Waals surface area contributed by atoms with Gasteiger partial charge in [0.2, 0.25) is 0 Å². The molecule has 0 spiro atoms. The van der Waals surface area contributed by atoms with Crippen LogP contribution in [0.25, 0.3) is 5.57 Å². The van der Waals surface area contributed by atoms with E-state index in [1.165, 1.54) is 37.1 Å². The van der Waals surface area contributed by atoms with Crippen molar-refractivity contribution >= 4 is 5.57 Å². The molecule has 0 aliphatic carbocycles. The first-order valence-corrected chi connectivity index (χ1v) is 6.29. The molecule has 0 aromatic heterocycles. The van der Waals surface area contributed by atoms with Crippen molar-refractivity contribution < 1.29 is 0 Å². The maximum atomic E-state index is 2.40. The number of hydrogen-bond donors (Lipinski definition) is 0. The number of rotatable bonds is 1. The summed E-state index contributed by atoms with van der Waals surface area (Å²) >= 11 is 0. The van der Waals surface area contributed by atoms with Gasteiger partial charge >= 0.3 is 0 Å². The Kier molecular flexibility index (Phi) is 5.87. The van der Waals surface area contributed by atoms with Gasteiger partial charge in [0, 0.05) is 13.1 Å². The van der Waals surface area contributed by atoms with E-state index in [1.54, 1.807) is 0 Å². The van der Waals surface area contributed by atoms with Crippen molar-refractivity contribution in [1.82, 2.24) is 4.90 Å². The molecule has 1 heteroatoms. The molecule has 0 saturated carbocycles. The average molecular weight is 217 g/mol. The molecule has 88 valence electrons. The van der Waals surface area contributed by atoms with Gasteiger partial charge in [0.25, 0.3) is 0 Å². The predicted molar refractivity (Wildman–Crippen MR) is 72.5 cm³/mol. The lowest BCUT2D eigenvalue weighted by atomic mass is 10.0. The largest absolute Gasteiger partial charge is 0.306 e. The fourth-order valence-electron chi connectivity index (χ4n) is 1.90. The molecule has 0 saturated heterocycles. The van der Waals surface area contributed by atoms with Gasteiger partial charge in [-0.3, -0.25) is 0 Å². The van der Waals surface area contributed by atoms with Crippen LogP contribution in [0.2, 0.25) is 0 Å². The zero-order valence-electron chi connectivity index (χ0n) is 10.7. The zero-order valence-corrected chi connectivity index (χ0v) is 10.7. The lowest BCUT2D eigenvalue weighted by Gasteiger charge is -2.12. The molecule has 0 bridgehead atoms. The van der Waals surface area contributed by atoms with Gasteiger partial charge in [0.1, 0.15) is 0 Å². The highest BCUT2D eigenvalue weighted by Gasteiger charge is 2.07. The summed E-state index contributed by atoms with van der Waals surface area (Å²) in [7, 11) is 2.20. The molecule has 16 heavy (non-hydrogen) atoms. The quantitative estimate of drug-likeness (QED) is 0.691. The van der Waals surface area contributed by atoms with E-state index in [-0.39, 0.29) is 0 Å². The van der Waals surface area contributed by atoms with Crippen LogP contribution in [0.3, 0.4) is 0 Å². The van der Waals surface area contributed by atoms with Gasteiger partial charge in [-0.25, -0.2) is 0 Å². The lowest BCUT2D eigenvalue weighted by Crippen LogP contribution is -2.18. The molecule has 0 N–H and O–H groups in total. The van der Waals surface area contributed by atoms with E-state index in [4.69, 9.17) is 0 Å². The Bertz CT molecular complexity index is 313. The van der Waals surface area contributed by atoms with Gasteiger partial charge in [0.05, 0.1) is 0 Å². The van der Waals surface area contributed by atoms with Gasteiger partial charge in [0.15, 0.2) is 0 Å². The molecular formula is C15H23N. The van der Waals surface area contributed by atoms with Crippen molar-refractivity contribution in [2.75, 3.05) is 20.1 Å². The van der Waals surface area contributed by atoms with Gasteiger partial charge in [-0.05, 0) is 31.0 Å². The summed E-state index contributed by atoms with van der Waals surface area (Å²) in [6.45, 7) is 6.37. The van der Waals surface area contributed by atoms with E-state index in [1.807, 2.05) is 13.8 Å². The van der Waals surface area contributed by atoms with Crippen LogP contribution in [0.4, 0.5) is 0 Å². The Morgan fingerprint density at radius 1 is 1.00 bits per heavy atom. The Balaban J connectivity index is 0.000000606. The van der Waals surface area contributed by atoms with Crippen LogP contribution < -0.4 is 0 Å². The summed E-state index contributed by atoms with van der Waals surface area (Å²) in [5.41, 5.74) is 2.90. The van der Waals surface area contributed by atoms with E-state index >= 15 is 0 Å². The maximum Gasteiger partial charge on any atom is 0.00190 e. The highest BCUT2D eigenvalue weighted by molar-refractivity contribution is 5.65. The summed E-state index contributed by atoms with van der Waals surface area (Å²) in [4.78, 5) is 2.40. The predicted octanol–water partition coefficient (Wildman–Crippen LogP) is 3.82. The molecule has 1 aromatic rings. The maximum absolute atomic E-state index is 2.40. The minimum Gasteiger partial charge on any atom is -0.306 e. The molecule has 0 unspecified atom stereocenters. The van der Waals surface area contributed by atoms with Crippen molar-refractivity contribution in [2.24, 2.45) is 0 Å². The summed E-state index contributed by atoms with van der Waals surface area (Å²) in [6, 6.07) is 10.7. The molecule has 1 heterocycles. The van der Waals surface area contributed by atoms with Crippen LogP contribution in [0.5, 0.6) is 0 Å². The van der Waals surface area contributed by atoms with Crippen molar-refractivity contribution in [3.63, 3.8) is 0 Å². The van der Waals surface area contributed by atoms with Crippen LogP contribution in [-0.4, -0.2) is 25.0 Å². The minimum atomic E-state index is 1.18. The molecule has 1 aliphatic rings. The second kappa shape index (κ2) is 7.24. The first-order valence-electron chi connectivity index (χ1n) is 6.29. The Labute approximate surface area is 99.8 Å². The summed E-state index contributed by atoms with van der Waals surface area (Å²) in [5.74, 6) is 0. The van der Waals surface area contributed by atoms with Crippen LogP contribution in [0, 0.1) is 0 Å². The summed E-state index contributed by atoms with van der Waals surface area (Å²) in [5, 5.41) is 0.